The summed E-state index contributed by atoms with van der Waals surface area (Å²) in [6, 6.07) is 7.25. The molecular weight excluding hydrogens is 476 g/mol. The first-order chi connectivity index (χ1) is 16.3. The molecule has 12 heteroatoms. The molecule has 0 bridgehead atoms. The van der Waals surface area contributed by atoms with Crippen LogP contribution in [-0.4, -0.2) is 63.4 Å². The van der Waals surface area contributed by atoms with Gasteiger partial charge >= 0.3 is 0 Å². The number of carbonyl (C=O) groups is 2. The Balaban J connectivity index is 1.60. The average molecular weight is 503 g/mol. The third-order valence-corrected chi connectivity index (χ3v) is 6.54. The average Bonchev–Trinajstić information content (AvgIpc) is 3.38. The Hall–Kier alpha value is -3.38. The maximum absolute atomic E-state index is 12.5. The van der Waals surface area contributed by atoms with Gasteiger partial charge in [-0.25, -0.2) is 4.98 Å². The highest BCUT2D eigenvalue weighted by Gasteiger charge is 2.19. The van der Waals surface area contributed by atoms with Gasteiger partial charge in [-0.05, 0) is 31.2 Å². The molecule has 0 atom stereocenters. The van der Waals surface area contributed by atoms with E-state index in [1.165, 1.54) is 16.7 Å². The summed E-state index contributed by atoms with van der Waals surface area (Å²) < 4.78 is 12.8. The number of hydrogen-bond donors (Lipinski definition) is 1. The molecule has 34 heavy (non-hydrogen) atoms. The highest BCUT2D eigenvalue weighted by molar-refractivity contribution is 7.99. The van der Waals surface area contributed by atoms with E-state index in [1.807, 2.05) is 28.8 Å². The molecule has 0 aliphatic carbocycles. The van der Waals surface area contributed by atoms with E-state index >= 15 is 0 Å². The van der Waals surface area contributed by atoms with Crippen LogP contribution in [0.4, 0.5) is 5.13 Å². The zero-order chi connectivity index (χ0) is 24.7. The lowest BCUT2D eigenvalue weighted by Gasteiger charge is -2.09. The van der Waals surface area contributed by atoms with E-state index in [1.54, 1.807) is 34.2 Å². The Morgan fingerprint density at radius 2 is 1.94 bits per heavy atom. The molecule has 0 unspecified atom stereocenters. The molecule has 180 valence electrons. The summed E-state index contributed by atoms with van der Waals surface area (Å²) in [6.45, 7) is 6.21. The summed E-state index contributed by atoms with van der Waals surface area (Å²) >= 11 is 2.40. The van der Waals surface area contributed by atoms with Gasteiger partial charge in [-0.15, -0.1) is 16.8 Å². The molecule has 1 aromatic carbocycles. The molecule has 3 rings (SSSR count). The molecule has 1 N–H and O–H groups in total. The van der Waals surface area contributed by atoms with E-state index in [4.69, 9.17) is 9.47 Å². The molecule has 0 fully saturated rings. The molecule has 0 aliphatic heterocycles. The summed E-state index contributed by atoms with van der Waals surface area (Å²) in [4.78, 5) is 30.9. The van der Waals surface area contributed by atoms with E-state index in [0.29, 0.717) is 39.0 Å². The van der Waals surface area contributed by atoms with E-state index in [0.717, 1.165) is 17.1 Å². The van der Waals surface area contributed by atoms with Crippen molar-refractivity contribution in [3.63, 3.8) is 0 Å². The van der Waals surface area contributed by atoms with Crippen LogP contribution < -0.4 is 14.8 Å². The molecule has 0 spiro atoms. The number of rotatable bonds is 11. The third-order valence-electron chi connectivity index (χ3n) is 4.51. The van der Waals surface area contributed by atoms with Gasteiger partial charge in [-0.2, -0.15) is 0 Å². The van der Waals surface area contributed by atoms with Gasteiger partial charge in [0.15, 0.2) is 16.1 Å². The van der Waals surface area contributed by atoms with Crippen LogP contribution >= 0.6 is 23.1 Å². The van der Waals surface area contributed by atoms with Gasteiger partial charge in [0, 0.05) is 20.6 Å². The molecule has 2 aromatic heterocycles. The number of allylic oxidation sites excluding steroid dienone is 1. The van der Waals surface area contributed by atoms with Crippen LogP contribution in [0, 0.1) is 6.92 Å². The van der Waals surface area contributed by atoms with E-state index in [9.17, 15) is 9.59 Å². The number of hydrogen-bond acceptors (Lipinski definition) is 9. The predicted octanol–water partition coefficient (Wildman–Crippen LogP) is 3.25. The summed E-state index contributed by atoms with van der Waals surface area (Å²) in [5.41, 5.74) is 0.582. The SMILES string of the molecule is C=CCn1c(COc2ccc(OC)cc2)nnc1SCC(=O)Nc1nc(C)c(C(=O)N(C)C)s1. The van der Waals surface area contributed by atoms with Crippen LogP contribution in [0.2, 0.25) is 0 Å². The van der Waals surface area contributed by atoms with Crippen molar-refractivity contribution in [1.82, 2.24) is 24.6 Å². The van der Waals surface area contributed by atoms with Gasteiger partial charge in [0.25, 0.3) is 5.91 Å². The van der Waals surface area contributed by atoms with Crippen molar-refractivity contribution >= 4 is 40.0 Å². The monoisotopic (exact) mass is 502 g/mol. The fraction of sp³-hybridized carbons (Fsp3) is 0.318. The van der Waals surface area contributed by atoms with Gasteiger partial charge in [-0.1, -0.05) is 29.2 Å². The second-order valence-electron chi connectivity index (χ2n) is 7.23. The maximum atomic E-state index is 12.5. The number of amides is 2. The molecule has 3 aromatic rings. The number of thioether (sulfide) groups is 1. The van der Waals surface area contributed by atoms with Crippen LogP contribution in [0.15, 0.2) is 42.1 Å². The van der Waals surface area contributed by atoms with Gasteiger partial charge in [0.2, 0.25) is 5.91 Å². The first kappa shape index (κ1) is 25.2. The smallest absolute Gasteiger partial charge is 0.265 e. The maximum Gasteiger partial charge on any atom is 0.265 e. The standard InChI is InChI=1S/C22H26N6O4S2/c1-6-11-28-17(12-32-16-9-7-15(31-5)8-10-16)25-26-22(28)33-13-18(29)24-21-23-14(2)19(34-21)20(30)27(3)4/h6-10H,1,11-13H2,2-5H3,(H,23,24,29). The Morgan fingerprint density at radius 1 is 1.24 bits per heavy atom. The highest BCUT2D eigenvalue weighted by Crippen LogP contribution is 2.25. The van der Waals surface area contributed by atoms with Crippen molar-refractivity contribution < 1.29 is 19.1 Å². The zero-order valence-electron chi connectivity index (χ0n) is 19.4. The number of thiazole rings is 1. The fourth-order valence-electron chi connectivity index (χ4n) is 2.80. The lowest BCUT2D eigenvalue weighted by Crippen LogP contribution is -2.21. The minimum absolute atomic E-state index is 0.101. The van der Waals surface area contributed by atoms with Gasteiger partial charge in [0.1, 0.15) is 23.0 Å². The second kappa shape index (κ2) is 11.7. The lowest BCUT2D eigenvalue weighted by molar-refractivity contribution is -0.113. The normalized spacial score (nSPS) is 10.6. The second-order valence-corrected chi connectivity index (χ2v) is 9.17. The van der Waals surface area contributed by atoms with Crippen LogP contribution in [0.5, 0.6) is 11.5 Å². The number of nitrogens with one attached hydrogen (secondary N) is 1. The van der Waals surface area contributed by atoms with Crippen LogP contribution in [0.3, 0.4) is 0 Å². The number of methoxy groups -OCH3 is 1. The van der Waals surface area contributed by atoms with E-state index in [-0.39, 0.29) is 24.2 Å². The molecule has 0 saturated heterocycles. The number of ether oxygens (including phenoxy) is 2. The van der Waals surface area contributed by atoms with Crippen molar-refractivity contribution in [2.45, 2.75) is 25.2 Å². The van der Waals surface area contributed by atoms with Crippen LogP contribution in [0.25, 0.3) is 0 Å². The summed E-state index contributed by atoms with van der Waals surface area (Å²) in [6.07, 6.45) is 1.73. The van der Waals surface area contributed by atoms with Crippen LogP contribution in [-0.2, 0) is 17.9 Å². The largest absolute Gasteiger partial charge is 0.497 e. The molecule has 2 heterocycles. The minimum Gasteiger partial charge on any atom is -0.497 e. The minimum atomic E-state index is -0.258. The van der Waals surface area contributed by atoms with Gasteiger partial charge in [-0.3, -0.25) is 14.2 Å². The number of aryl methyl sites for hydroxylation is 1. The number of carbonyl (C=O) groups excluding carboxylic acids is 2. The summed E-state index contributed by atoms with van der Waals surface area (Å²) in [7, 11) is 4.95. The number of nitrogens with zero attached hydrogens (tertiary/aromatic N) is 5. The topological polar surface area (TPSA) is 111 Å². The highest BCUT2D eigenvalue weighted by atomic mass is 32.2. The lowest BCUT2D eigenvalue weighted by atomic mass is 10.3. The molecule has 0 aliphatic rings. The van der Waals surface area contributed by atoms with Crippen molar-refractivity contribution in [3.05, 3.63) is 53.3 Å². The van der Waals surface area contributed by atoms with Crippen molar-refractivity contribution in [3.8, 4) is 11.5 Å². The molecule has 2 amide bonds. The van der Waals surface area contributed by atoms with E-state index in [2.05, 4.69) is 27.1 Å². The quantitative estimate of drug-likeness (QED) is 0.314. The van der Waals surface area contributed by atoms with Crippen molar-refractivity contribution in [2.24, 2.45) is 0 Å². The van der Waals surface area contributed by atoms with E-state index < -0.39 is 0 Å². The third kappa shape index (κ3) is 6.35. The Labute approximate surface area is 206 Å². The first-order valence-corrected chi connectivity index (χ1v) is 12.0. The predicted molar refractivity (Wildman–Crippen MR) is 132 cm³/mol. The molecule has 0 radical (unpaired) electrons. The number of anilines is 1. The molecular formula is C22H26N6O4S2. The Morgan fingerprint density at radius 3 is 2.59 bits per heavy atom. The number of benzene rings is 1. The Bertz CT molecular complexity index is 1160. The molecule has 0 saturated carbocycles. The van der Waals surface area contributed by atoms with Gasteiger partial charge in [0.05, 0.1) is 18.6 Å². The summed E-state index contributed by atoms with van der Waals surface area (Å²) in [5.74, 6) is 1.73. The Kier molecular flexibility index (Phi) is 8.66. The number of aromatic nitrogens is 4. The summed E-state index contributed by atoms with van der Waals surface area (Å²) in [5, 5.41) is 12.1. The van der Waals surface area contributed by atoms with Crippen molar-refractivity contribution in [1.29, 1.82) is 0 Å². The van der Waals surface area contributed by atoms with Crippen LogP contribution in [0.1, 0.15) is 21.2 Å². The molecule has 10 nitrogen and oxygen atoms in total. The zero-order valence-corrected chi connectivity index (χ0v) is 21.0. The van der Waals surface area contributed by atoms with Gasteiger partial charge < -0.3 is 19.7 Å². The first-order valence-electron chi connectivity index (χ1n) is 10.2. The van der Waals surface area contributed by atoms with Crippen molar-refractivity contribution in [2.75, 3.05) is 32.3 Å². The fourth-order valence-corrected chi connectivity index (χ4v) is 4.57.